The summed E-state index contributed by atoms with van der Waals surface area (Å²) in [6.45, 7) is 2.73. The number of halogens is 1. The molecule has 5 nitrogen and oxygen atoms in total. The van der Waals surface area contributed by atoms with E-state index in [1.165, 1.54) is 0 Å². The van der Waals surface area contributed by atoms with Gasteiger partial charge in [0.2, 0.25) is 5.91 Å². The second-order valence-corrected chi connectivity index (χ2v) is 7.03. The molecule has 0 atom stereocenters. The zero-order valence-corrected chi connectivity index (χ0v) is 15.9. The van der Waals surface area contributed by atoms with E-state index in [1.807, 2.05) is 66.1 Å². The molecule has 0 aliphatic heterocycles. The minimum Gasteiger partial charge on any atom is -0.326 e. The number of thioether (sulfide) groups is 1. The first-order valence-electron chi connectivity index (χ1n) is 8.30. The highest BCUT2D eigenvalue weighted by Crippen LogP contribution is 2.23. The van der Waals surface area contributed by atoms with Crippen LogP contribution in [-0.2, 0) is 23.5 Å². The molecule has 0 aliphatic rings. The summed E-state index contributed by atoms with van der Waals surface area (Å²) >= 11 is 7.51. The highest BCUT2D eigenvalue weighted by Gasteiger charge is 2.15. The SMILES string of the molecule is CCn1c(CC(=O)Nc2ccccc2)nnc1SCc1ccc(Cl)cc1. The maximum atomic E-state index is 12.3. The summed E-state index contributed by atoms with van der Waals surface area (Å²) in [4.78, 5) is 12.3. The first-order valence-corrected chi connectivity index (χ1v) is 9.66. The van der Waals surface area contributed by atoms with E-state index in [0.717, 1.165) is 27.2 Å². The van der Waals surface area contributed by atoms with Crippen molar-refractivity contribution in [2.75, 3.05) is 5.32 Å². The Labute approximate surface area is 161 Å². The summed E-state index contributed by atoms with van der Waals surface area (Å²) in [6.07, 6.45) is 0.192. The Hall–Kier alpha value is -2.31. The molecule has 7 heteroatoms. The fourth-order valence-corrected chi connectivity index (χ4v) is 3.58. The van der Waals surface area contributed by atoms with Crippen LogP contribution in [0.5, 0.6) is 0 Å². The monoisotopic (exact) mass is 386 g/mol. The molecule has 0 fully saturated rings. The van der Waals surface area contributed by atoms with Crippen molar-refractivity contribution >= 4 is 35.0 Å². The van der Waals surface area contributed by atoms with E-state index < -0.39 is 0 Å². The number of carbonyl (C=O) groups excluding carboxylic acids is 1. The van der Waals surface area contributed by atoms with Crippen LogP contribution < -0.4 is 5.32 Å². The number of nitrogens with one attached hydrogen (secondary N) is 1. The van der Waals surface area contributed by atoms with Gasteiger partial charge in [-0.1, -0.05) is 53.7 Å². The predicted octanol–water partition coefficient (Wildman–Crippen LogP) is 4.42. The molecule has 1 heterocycles. The van der Waals surface area contributed by atoms with E-state index >= 15 is 0 Å². The Bertz CT molecular complexity index is 865. The Morgan fingerprint density at radius 1 is 1.12 bits per heavy atom. The van der Waals surface area contributed by atoms with Crippen LogP contribution in [0.2, 0.25) is 5.02 Å². The molecule has 0 aliphatic carbocycles. The van der Waals surface area contributed by atoms with Gasteiger partial charge in [0.05, 0.1) is 6.42 Å². The van der Waals surface area contributed by atoms with Gasteiger partial charge in [0.15, 0.2) is 5.16 Å². The molecule has 3 rings (SSSR count). The van der Waals surface area contributed by atoms with Crippen LogP contribution in [0.1, 0.15) is 18.3 Å². The quantitative estimate of drug-likeness (QED) is 0.610. The normalized spacial score (nSPS) is 10.7. The largest absolute Gasteiger partial charge is 0.326 e. The van der Waals surface area contributed by atoms with Crippen molar-refractivity contribution in [1.82, 2.24) is 14.8 Å². The van der Waals surface area contributed by atoms with E-state index in [0.29, 0.717) is 12.4 Å². The number of amides is 1. The average molecular weight is 387 g/mol. The zero-order chi connectivity index (χ0) is 18.4. The minimum absolute atomic E-state index is 0.104. The minimum atomic E-state index is -0.104. The first-order chi connectivity index (χ1) is 12.7. The van der Waals surface area contributed by atoms with Crippen molar-refractivity contribution in [2.24, 2.45) is 0 Å². The van der Waals surface area contributed by atoms with Crippen LogP contribution in [-0.4, -0.2) is 20.7 Å². The number of anilines is 1. The first kappa shape index (κ1) is 18.5. The lowest BCUT2D eigenvalue weighted by Gasteiger charge is -2.08. The Balaban J connectivity index is 1.63. The standard InChI is InChI=1S/C19H19ClN4OS/c1-2-24-17(12-18(25)21-16-6-4-3-5-7-16)22-23-19(24)26-13-14-8-10-15(20)11-9-14/h3-11H,2,12-13H2,1H3,(H,21,25). The lowest BCUT2D eigenvalue weighted by atomic mass is 10.2. The number of benzene rings is 2. The van der Waals surface area contributed by atoms with Crippen LogP contribution in [0.25, 0.3) is 0 Å². The molecule has 0 unspecified atom stereocenters. The van der Waals surface area contributed by atoms with Gasteiger partial charge < -0.3 is 9.88 Å². The lowest BCUT2D eigenvalue weighted by Crippen LogP contribution is -2.17. The molecule has 0 saturated heterocycles. The van der Waals surface area contributed by atoms with Gasteiger partial charge in [-0.15, -0.1) is 10.2 Å². The summed E-state index contributed by atoms with van der Waals surface area (Å²) in [5, 5.41) is 12.9. The fraction of sp³-hybridized carbons (Fsp3) is 0.211. The van der Waals surface area contributed by atoms with E-state index in [1.54, 1.807) is 11.8 Å². The molecule has 2 aromatic carbocycles. The second-order valence-electron chi connectivity index (χ2n) is 5.65. The third-order valence-electron chi connectivity index (χ3n) is 3.77. The van der Waals surface area contributed by atoms with Gasteiger partial charge in [-0.05, 0) is 36.8 Å². The topological polar surface area (TPSA) is 59.8 Å². The molecular formula is C19H19ClN4OS. The van der Waals surface area contributed by atoms with Crippen LogP contribution >= 0.6 is 23.4 Å². The summed E-state index contributed by atoms with van der Waals surface area (Å²) in [5.41, 5.74) is 1.94. The van der Waals surface area contributed by atoms with Crippen molar-refractivity contribution in [3.63, 3.8) is 0 Å². The van der Waals surface area contributed by atoms with E-state index in [9.17, 15) is 4.79 Å². The van der Waals surface area contributed by atoms with Crippen LogP contribution in [0.4, 0.5) is 5.69 Å². The van der Waals surface area contributed by atoms with Gasteiger partial charge >= 0.3 is 0 Å². The molecule has 1 aromatic heterocycles. The summed E-state index contributed by atoms with van der Waals surface area (Å²) in [6, 6.07) is 17.1. The number of rotatable bonds is 7. The van der Waals surface area contributed by atoms with E-state index in [4.69, 9.17) is 11.6 Å². The Morgan fingerprint density at radius 2 is 1.85 bits per heavy atom. The van der Waals surface area contributed by atoms with Crippen LogP contribution in [0.15, 0.2) is 59.8 Å². The average Bonchev–Trinajstić information content (AvgIpc) is 3.03. The van der Waals surface area contributed by atoms with Gasteiger partial charge in [0.25, 0.3) is 0 Å². The number of hydrogen-bond donors (Lipinski definition) is 1. The highest BCUT2D eigenvalue weighted by molar-refractivity contribution is 7.98. The van der Waals surface area contributed by atoms with Gasteiger partial charge in [-0.3, -0.25) is 4.79 Å². The Morgan fingerprint density at radius 3 is 2.54 bits per heavy atom. The van der Waals surface area contributed by atoms with Crippen molar-refractivity contribution in [1.29, 1.82) is 0 Å². The molecule has 3 aromatic rings. The third kappa shape index (κ3) is 4.86. The molecule has 26 heavy (non-hydrogen) atoms. The van der Waals surface area contributed by atoms with Crippen molar-refractivity contribution in [2.45, 2.75) is 30.8 Å². The second kappa shape index (κ2) is 8.87. The van der Waals surface area contributed by atoms with Gasteiger partial charge in [0.1, 0.15) is 5.82 Å². The molecule has 1 amide bonds. The number of carbonyl (C=O) groups is 1. The van der Waals surface area contributed by atoms with Gasteiger partial charge in [0, 0.05) is 23.0 Å². The summed E-state index contributed by atoms with van der Waals surface area (Å²) in [5.74, 6) is 1.33. The highest BCUT2D eigenvalue weighted by atomic mass is 35.5. The third-order valence-corrected chi connectivity index (χ3v) is 5.06. The maximum Gasteiger partial charge on any atom is 0.232 e. The number of aromatic nitrogens is 3. The van der Waals surface area contributed by atoms with Crippen molar-refractivity contribution in [3.8, 4) is 0 Å². The Kier molecular flexibility index (Phi) is 6.30. The summed E-state index contributed by atoms with van der Waals surface area (Å²) in [7, 11) is 0. The maximum absolute atomic E-state index is 12.3. The molecule has 134 valence electrons. The van der Waals surface area contributed by atoms with E-state index in [2.05, 4.69) is 15.5 Å². The zero-order valence-electron chi connectivity index (χ0n) is 14.4. The molecule has 0 saturated carbocycles. The molecular weight excluding hydrogens is 368 g/mol. The van der Waals surface area contributed by atoms with Crippen LogP contribution in [0.3, 0.4) is 0 Å². The number of hydrogen-bond acceptors (Lipinski definition) is 4. The predicted molar refractivity (Wildman–Crippen MR) is 105 cm³/mol. The number of para-hydroxylation sites is 1. The smallest absolute Gasteiger partial charge is 0.232 e. The van der Waals surface area contributed by atoms with Crippen molar-refractivity contribution in [3.05, 3.63) is 71.0 Å². The van der Waals surface area contributed by atoms with Gasteiger partial charge in [-0.2, -0.15) is 0 Å². The fourth-order valence-electron chi connectivity index (χ4n) is 2.47. The molecule has 0 spiro atoms. The van der Waals surface area contributed by atoms with Gasteiger partial charge in [-0.25, -0.2) is 0 Å². The summed E-state index contributed by atoms with van der Waals surface area (Å²) < 4.78 is 1.98. The van der Waals surface area contributed by atoms with E-state index in [-0.39, 0.29) is 12.3 Å². The molecule has 1 N–H and O–H groups in total. The molecule has 0 radical (unpaired) electrons. The van der Waals surface area contributed by atoms with Crippen LogP contribution in [0, 0.1) is 0 Å². The van der Waals surface area contributed by atoms with Crippen molar-refractivity contribution < 1.29 is 4.79 Å². The molecule has 0 bridgehead atoms. The number of nitrogens with zero attached hydrogens (tertiary/aromatic N) is 3. The lowest BCUT2D eigenvalue weighted by molar-refractivity contribution is -0.115.